The first-order chi connectivity index (χ1) is 32.4. The minimum absolute atomic E-state index is 0.0538. The molecular formula is C57H99N2O7P. The van der Waals surface area contributed by atoms with Crippen molar-refractivity contribution in [3.63, 3.8) is 0 Å². The lowest BCUT2D eigenvalue weighted by molar-refractivity contribution is -0.870. The van der Waals surface area contributed by atoms with Gasteiger partial charge in [0.25, 0.3) is 7.82 Å². The van der Waals surface area contributed by atoms with E-state index in [0.29, 0.717) is 23.9 Å². The van der Waals surface area contributed by atoms with Gasteiger partial charge in [-0.15, -0.1) is 0 Å². The van der Waals surface area contributed by atoms with Crippen LogP contribution in [0.4, 0.5) is 0 Å². The fraction of sp³-hybridized carbons (Fsp3) is 0.667. The lowest BCUT2D eigenvalue weighted by atomic mass is 9.99. The second-order valence-corrected chi connectivity index (χ2v) is 20.0. The topological polar surface area (TPSA) is 128 Å². The normalized spacial score (nSPS) is 15.4. The van der Waals surface area contributed by atoms with E-state index in [1.807, 2.05) is 21.1 Å². The first kappa shape index (κ1) is 64.1. The molecule has 10 heteroatoms. The molecule has 0 aromatic carbocycles. The van der Waals surface area contributed by atoms with E-state index in [1.165, 1.54) is 51.4 Å². The first-order valence-corrected chi connectivity index (χ1v) is 27.8. The van der Waals surface area contributed by atoms with Crippen molar-refractivity contribution in [2.45, 2.75) is 205 Å². The molecule has 0 aliphatic rings. The SMILES string of the molecule is CC/C=C\C/C=C\C/C=C\C/C=C\C/C=C\C/C=C\C/C=C\C/C=C\C/C=C\CCCCCC(=O)NC(COP(=O)([O-])OCC[N+](C)(C)C)C(O)C(O)CCCCCCCCCCCCCC. The highest BCUT2D eigenvalue weighted by molar-refractivity contribution is 7.45. The Bertz CT molecular complexity index is 1470. The van der Waals surface area contributed by atoms with Gasteiger partial charge in [-0.05, 0) is 83.5 Å². The number of unbranched alkanes of at least 4 members (excludes halogenated alkanes) is 14. The van der Waals surface area contributed by atoms with Gasteiger partial charge in [-0.1, -0.05) is 207 Å². The Kier molecular flexibility index (Phi) is 44.8. The zero-order chi connectivity index (χ0) is 49.4. The molecule has 0 aromatic heterocycles. The Hall–Kier alpha value is -2.88. The molecule has 9 nitrogen and oxygen atoms in total. The average Bonchev–Trinajstić information content (AvgIpc) is 3.29. The summed E-state index contributed by atoms with van der Waals surface area (Å²) in [6.45, 7) is 4.27. The molecule has 0 saturated carbocycles. The number of aliphatic hydroxyl groups is 2. The number of aliphatic hydroxyl groups excluding tert-OH is 2. The van der Waals surface area contributed by atoms with Crippen LogP contribution in [0.5, 0.6) is 0 Å². The number of quaternary nitrogens is 1. The summed E-state index contributed by atoms with van der Waals surface area (Å²) in [6.07, 6.45) is 64.2. The number of allylic oxidation sites excluding steroid dienone is 18. The van der Waals surface area contributed by atoms with Gasteiger partial charge < -0.3 is 34.0 Å². The van der Waals surface area contributed by atoms with Crippen LogP contribution < -0.4 is 10.2 Å². The van der Waals surface area contributed by atoms with Crippen LogP contribution in [0.25, 0.3) is 0 Å². The van der Waals surface area contributed by atoms with Gasteiger partial charge in [0.15, 0.2) is 0 Å². The van der Waals surface area contributed by atoms with Gasteiger partial charge in [0.1, 0.15) is 19.3 Å². The van der Waals surface area contributed by atoms with Crippen molar-refractivity contribution in [1.82, 2.24) is 5.32 Å². The second kappa shape index (κ2) is 46.8. The van der Waals surface area contributed by atoms with E-state index in [-0.39, 0.29) is 18.9 Å². The van der Waals surface area contributed by atoms with E-state index < -0.39 is 32.7 Å². The summed E-state index contributed by atoms with van der Waals surface area (Å²) in [4.78, 5) is 25.5. The Morgan fingerprint density at radius 2 is 0.940 bits per heavy atom. The maximum atomic E-state index is 12.9. The average molecular weight is 955 g/mol. The maximum Gasteiger partial charge on any atom is 0.268 e. The third kappa shape index (κ3) is 48.0. The molecule has 67 heavy (non-hydrogen) atoms. The lowest BCUT2D eigenvalue weighted by Crippen LogP contribution is -2.51. The van der Waals surface area contributed by atoms with Crippen LogP contribution in [0.15, 0.2) is 109 Å². The fourth-order valence-electron chi connectivity index (χ4n) is 6.95. The van der Waals surface area contributed by atoms with Crippen LogP contribution in [-0.4, -0.2) is 79.8 Å². The molecule has 0 aliphatic carbocycles. The summed E-state index contributed by atoms with van der Waals surface area (Å²) in [5.74, 6) is -0.316. The number of nitrogens with zero attached hydrogens (tertiary/aromatic N) is 1. The smallest absolute Gasteiger partial charge is 0.268 e. The van der Waals surface area contributed by atoms with Crippen molar-refractivity contribution in [2.24, 2.45) is 0 Å². The van der Waals surface area contributed by atoms with E-state index in [1.54, 1.807) is 0 Å². The van der Waals surface area contributed by atoms with Crippen molar-refractivity contribution < 1.29 is 38.0 Å². The van der Waals surface area contributed by atoms with E-state index >= 15 is 0 Å². The predicted molar refractivity (Wildman–Crippen MR) is 285 cm³/mol. The number of amides is 1. The van der Waals surface area contributed by atoms with Crippen molar-refractivity contribution >= 4 is 13.7 Å². The zero-order valence-electron chi connectivity index (χ0n) is 43.2. The summed E-state index contributed by atoms with van der Waals surface area (Å²) < 4.78 is 23.2. The van der Waals surface area contributed by atoms with Gasteiger partial charge in [0.05, 0.1) is 39.9 Å². The van der Waals surface area contributed by atoms with Crippen LogP contribution in [0.1, 0.15) is 187 Å². The van der Waals surface area contributed by atoms with Crippen molar-refractivity contribution in [1.29, 1.82) is 0 Å². The molecule has 1 amide bonds. The number of carbonyl (C=O) groups excluding carboxylic acids is 1. The largest absolute Gasteiger partial charge is 0.756 e. The predicted octanol–water partition coefficient (Wildman–Crippen LogP) is 14.0. The number of rotatable bonds is 46. The minimum Gasteiger partial charge on any atom is -0.756 e. The van der Waals surface area contributed by atoms with Crippen molar-refractivity contribution in [3.05, 3.63) is 109 Å². The zero-order valence-corrected chi connectivity index (χ0v) is 44.1. The first-order valence-electron chi connectivity index (χ1n) is 26.3. The number of phosphoric ester groups is 1. The van der Waals surface area contributed by atoms with Crippen LogP contribution in [-0.2, 0) is 18.4 Å². The number of carbonyl (C=O) groups is 1. The highest BCUT2D eigenvalue weighted by Gasteiger charge is 2.29. The Morgan fingerprint density at radius 1 is 0.552 bits per heavy atom. The van der Waals surface area contributed by atoms with Gasteiger partial charge in [-0.3, -0.25) is 9.36 Å². The molecular weight excluding hydrogens is 856 g/mol. The van der Waals surface area contributed by atoms with E-state index in [9.17, 15) is 24.5 Å². The van der Waals surface area contributed by atoms with Crippen molar-refractivity contribution in [2.75, 3.05) is 40.9 Å². The number of nitrogens with one attached hydrogen (secondary N) is 1. The lowest BCUT2D eigenvalue weighted by Gasteiger charge is -2.31. The summed E-state index contributed by atoms with van der Waals surface area (Å²) in [5.41, 5.74) is 0. The van der Waals surface area contributed by atoms with Gasteiger partial charge in [0, 0.05) is 6.42 Å². The number of hydrogen-bond donors (Lipinski definition) is 3. The number of likely N-dealkylation sites (N-methyl/N-ethyl adjacent to an activating group) is 1. The maximum absolute atomic E-state index is 12.9. The molecule has 0 radical (unpaired) electrons. The van der Waals surface area contributed by atoms with Gasteiger partial charge in [-0.25, -0.2) is 0 Å². The molecule has 0 saturated heterocycles. The molecule has 0 fully saturated rings. The third-order valence-electron chi connectivity index (χ3n) is 11.1. The molecule has 0 bridgehead atoms. The molecule has 384 valence electrons. The Balaban J connectivity index is 4.39. The second-order valence-electron chi connectivity index (χ2n) is 18.6. The fourth-order valence-corrected chi connectivity index (χ4v) is 7.67. The Labute approximate surface area is 411 Å². The van der Waals surface area contributed by atoms with Gasteiger partial charge in [-0.2, -0.15) is 0 Å². The van der Waals surface area contributed by atoms with Gasteiger partial charge >= 0.3 is 0 Å². The summed E-state index contributed by atoms with van der Waals surface area (Å²) in [6, 6.07) is -1.10. The standard InChI is InChI=1S/C57H99N2O7P/c1-6-8-10-12-14-16-18-20-21-22-23-24-25-26-27-28-29-30-31-32-33-34-35-36-37-38-40-42-44-46-48-50-56(61)58-54(53-66-67(63,64)65-52-51-59(3,4)5)57(62)55(60)49-47-45-43-41-39-19-17-15-13-11-9-7-2/h8,10,14,16,20-21,23-24,26-27,29-30,32-33,35-36,38,40,54-55,57,60,62H,6-7,9,11-13,15,17-19,22,25,28,31,34,37,39,41-53H2,1-5H3,(H-,58,61,63,64)/b10-8-,16-14-,21-20-,24-23-,27-26-,30-29-,33-32-,36-35-,40-38-. The van der Waals surface area contributed by atoms with Crippen LogP contribution >= 0.6 is 7.82 Å². The van der Waals surface area contributed by atoms with Crippen LogP contribution in [0.3, 0.4) is 0 Å². The van der Waals surface area contributed by atoms with E-state index in [4.69, 9.17) is 9.05 Å². The van der Waals surface area contributed by atoms with Crippen LogP contribution in [0, 0.1) is 0 Å². The Morgan fingerprint density at radius 3 is 1.36 bits per heavy atom. The van der Waals surface area contributed by atoms with Gasteiger partial charge in [0.2, 0.25) is 5.91 Å². The van der Waals surface area contributed by atoms with Crippen molar-refractivity contribution in [3.8, 4) is 0 Å². The molecule has 0 heterocycles. The quantitative estimate of drug-likeness (QED) is 0.0240. The molecule has 0 rings (SSSR count). The monoisotopic (exact) mass is 955 g/mol. The molecule has 0 aromatic rings. The molecule has 4 unspecified atom stereocenters. The summed E-state index contributed by atoms with van der Waals surface area (Å²) >= 11 is 0. The highest BCUT2D eigenvalue weighted by atomic mass is 31.2. The molecule has 0 spiro atoms. The van der Waals surface area contributed by atoms with E-state index in [0.717, 1.165) is 103 Å². The summed E-state index contributed by atoms with van der Waals surface area (Å²) in [5, 5.41) is 24.7. The van der Waals surface area contributed by atoms with E-state index in [2.05, 4.69) is 129 Å². The number of phosphoric acid groups is 1. The highest BCUT2D eigenvalue weighted by Crippen LogP contribution is 2.38. The number of hydrogen-bond acceptors (Lipinski definition) is 7. The molecule has 3 N–H and O–H groups in total. The molecule has 0 aliphatic heterocycles. The minimum atomic E-state index is -4.69. The molecule has 4 atom stereocenters. The summed E-state index contributed by atoms with van der Waals surface area (Å²) in [7, 11) is 1.08. The van der Waals surface area contributed by atoms with Crippen LogP contribution in [0.2, 0.25) is 0 Å². The third-order valence-corrected chi connectivity index (χ3v) is 12.1.